The van der Waals surface area contributed by atoms with Crippen molar-refractivity contribution in [3.8, 4) is 0 Å². The highest BCUT2D eigenvalue weighted by atomic mass is 16.7. The standard InChI is InChI=1S/C18H34O16/c19-1-5(23)9(25)15(6(24)2-20)33-18-14(30)12(28)16(8(4-22)32-18)34-17-13(29)11(27)10(26)7(3-21)31-17/h5-30H,1-4H2/t5-,6+,7+,8+,9+,10+,11-,12+,13+,14+,15-,16+,17-,18+/m0/s1. The van der Waals surface area contributed by atoms with E-state index in [0.717, 1.165) is 0 Å². The van der Waals surface area contributed by atoms with E-state index in [1.165, 1.54) is 0 Å². The SMILES string of the molecule is OC[C@@H](O)[C@H](O[C@H]1O[C@H](CO)[C@@H](O[C@@H]2O[C@H](CO)[C@@H](O)[C@H](O)[C@H]2O)[C@H](O)[C@H]1O)[C@H](O)[C@@H](O)CO. The van der Waals surface area contributed by atoms with E-state index in [-0.39, 0.29) is 0 Å². The lowest BCUT2D eigenvalue weighted by atomic mass is 9.96. The van der Waals surface area contributed by atoms with Crippen molar-refractivity contribution in [2.75, 3.05) is 26.4 Å². The Balaban J connectivity index is 2.17. The normalized spacial score (nSPS) is 42.7. The molecule has 2 fully saturated rings. The van der Waals surface area contributed by atoms with Crippen LogP contribution in [0.5, 0.6) is 0 Å². The first-order chi connectivity index (χ1) is 16.0. The van der Waals surface area contributed by atoms with Crippen molar-refractivity contribution < 1.29 is 80.2 Å². The first kappa shape index (κ1) is 29.6. The van der Waals surface area contributed by atoms with Gasteiger partial charge in [-0.15, -0.1) is 0 Å². The molecule has 0 aromatic heterocycles. The van der Waals surface area contributed by atoms with Crippen LogP contribution in [0.2, 0.25) is 0 Å². The van der Waals surface area contributed by atoms with Crippen molar-refractivity contribution in [3.63, 3.8) is 0 Å². The van der Waals surface area contributed by atoms with E-state index in [4.69, 9.17) is 24.1 Å². The minimum atomic E-state index is -1.98. The Morgan fingerprint density at radius 1 is 0.618 bits per heavy atom. The Morgan fingerprint density at radius 2 is 1.15 bits per heavy atom. The van der Waals surface area contributed by atoms with Gasteiger partial charge in [0.2, 0.25) is 0 Å². The lowest BCUT2D eigenvalue weighted by Crippen LogP contribution is -2.65. The molecular weight excluding hydrogens is 472 g/mol. The van der Waals surface area contributed by atoms with Gasteiger partial charge in [0, 0.05) is 0 Å². The second kappa shape index (κ2) is 13.1. The Morgan fingerprint density at radius 3 is 1.68 bits per heavy atom. The minimum Gasteiger partial charge on any atom is -0.394 e. The molecule has 0 amide bonds. The maximum absolute atomic E-state index is 10.6. The van der Waals surface area contributed by atoms with Gasteiger partial charge in [-0.2, -0.15) is 0 Å². The van der Waals surface area contributed by atoms with E-state index in [9.17, 15) is 56.2 Å². The fourth-order valence-electron chi connectivity index (χ4n) is 3.65. The van der Waals surface area contributed by atoms with Crippen LogP contribution in [0.15, 0.2) is 0 Å². The summed E-state index contributed by atoms with van der Waals surface area (Å²) in [6.07, 6.45) is -24.7. The number of aliphatic hydroxyl groups excluding tert-OH is 12. The number of ether oxygens (including phenoxy) is 4. The van der Waals surface area contributed by atoms with Crippen LogP contribution in [0.4, 0.5) is 0 Å². The first-order valence-corrected chi connectivity index (χ1v) is 10.5. The summed E-state index contributed by atoms with van der Waals surface area (Å²) in [6, 6.07) is 0. The molecule has 0 aliphatic carbocycles. The molecule has 0 unspecified atom stereocenters. The molecule has 34 heavy (non-hydrogen) atoms. The Hall–Kier alpha value is -0.640. The van der Waals surface area contributed by atoms with Crippen LogP contribution < -0.4 is 0 Å². The van der Waals surface area contributed by atoms with Crippen LogP contribution in [0.3, 0.4) is 0 Å². The summed E-state index contributed by atoms with van der Waals surface area (Å²) in [4.78, 5) is 0. The third-order valence-electron chi connectivity index (χ3n) is 5.74. The van der Waals surface area contributed by atoms with Gasteiger partial charge in [0.1, 0.15) is 73.2 Å². The van der Waals surface area contributed by atoms with Gasteiger partial charge in [0.25, 0.3) is 0 Å². The predicted molar refractivity (Wildman–Crippen MR) is 103 cm³/mol. The summed E-state index contributed by atoms with van der Waals surface area (Å²) in [6.45, 7) is -3.52. The van der Waals surface area contributed by atoms with Gasteiger partial charge in [0.15, 0.2) is 12.6 Å². The van der Waals surface area contributed by atoms with E-state index in [0.29, 0.717) is 0 Å². The topological polar surface area (TPSA) is 280 Å². The molecule has 2 aliphatic heterocycles. The third-order valence-corrected chi connectivity index (χ3v) is 5.74. The zero-order valence-electron chi connectivity index (χ0n) is 17.9. The molecule has 12 N–H and O–H groups in total. The summed E-state index contributed by atoms with van der Waals surface area (Å²) >= 11 is 0. The molecule has 0 aromatic rings. The van der Waals surface area contributed by atoms with E-state index < -0.39 is 112 Å². The molecular formula is C18H34O16. The molecule has 0 saturated carbocycles. The van der Waals surface area contributed by atoms with Gasteiger partial charge in [-0.05, 0) is 0 Å². The largest absolute Gasteiger partial charge is 0.394 e. The molecule has 0 spiro atoms. The molecule has 2 rings (SSSR count). The molecule has 0 radical (unpaired) electrons. The van der Waals surface area contributed by atoms with Gasteiger partial charge in [0.05, 0.1) is 26.4 Å². The monoisotopic (exact) mass is 506 g/mol. The quantitative estimate of drug-likeness (QED) is 0.124. The Kier molecular flexibility index (Phi) is 11.4. The van der Waals surface area contributed by atoms with Crippen LogP contribution in [-0.2, 0) is 18.9 Å². The third kappa shape index (κ3) is 6.37. The van der Waals surface area contributed by atoms with E-state index in [1.807, 2.05) is 0 Å². The van der Waals surface area contributed by atoms with Gasteiger partial charge >= 0.3 is 0 Å². The van der Waals surface area contributed by atoms with Gasteiger partial charge in [-0.1, -0.05) is 0 Å². The lowest BCUT2D eigenvalue weighted by Gasteiger charge is -2.46. The van der Waals surface area contributed by atoms with Crippen molar-refractivity contribution in [3.05, 3.63) is 0 Å². The highest BCUT2D eigenvalue weighted by Gasteiger charge is 2.51. The molecule has 14 atom stereocenters. The summed E-state index contributed by atoms with van der Waals surface area (Å²) in [7, 11) is 0. The van der Waals surface area contributed by atoms with Crippen LogP contribution in [-0.4, -0.2) is 174 Å². The van der Waals surface area contributed by atoms with Crippen molar-refractivity contribution in [2.24, 2.45) is 0 Å². The summed E-state index contributed by atoms with van der Waals surface area (Å²) < 4.78 is 21.2. The second-order valence-corrected chi connectivity index (χ2v) is 8.10. The molecule has 2 saturated heterocycles. The molecule has 16 heteroatoms. The molecule has 202 valence electrons. The highest BCUT2D eigenvalue weighted by Crippen LogP contribution is 2.30. The van der Waals surface area contributed by atoms with Crippen molar-refractivity contribution in [1.29, 1.82) is 0 Å². The average Bonchev–Trinajstić information content (AvgIpc) is 2.84. The van der Waals surface area contributed by atoms with Gasteiger partial charge < -0.3 is 80.2 Å². The zero-order chi connectivity index (χ0) is 25.7. The molecule has 2 aliphatic rings. The first-order valence-electron chi connectivity index (χ1n) is 10.5. The maximum Gasteiger partial charge on any atom is 0.187 e. The summed E-state index contributed by atoms with van der Waals surface area (Å²) in [5.74, 6) is 0. The molecule has 2 heterocycles. The highest BCUT2D eigenvalue weighted by molar-refractivity contribution is 4.95. The summed E-state index contributed by atoms with van der Waals surface area (Å²) in [5.41, 5.74) is 0. The number of hydrogen-bond donors (Lipinski definition) is 12. The average molecular weight is 506 g/mol. The fourth-order valence-corrected chi connectivity index (χ4v) is 3.65. The van der Waals surface area contributed by atoms with Crippen molar-refractivity contribution >= 4 is 0 Å². The number of aliphatic hydroxyl groups is 12. The second-order valence-electron chi connectivity index (χ2n) is 8.10. The summed E-state index contributed by atoms with van der Waals surface area (Å²) in [5, 5.41) is 118. The van der Waals surface area contributed by atoms with Crippen molar-refractivity contribution in [2.45, 2.75) is 85.8 Å². The number of hydrogen-bond acceptors (Lipinski definition) is 16. The van der Waals surface area contributed by atoms with Crippen LogP contribution in [0.25, 0.3) is 0 Å². The maximum atomic E-state index is 10.6. The predicted octanol–water partition coefficient (Wildman–Crippen LogP) is -7.94. The van der Waals surface area contributed by atoms with E-state index in [1.54, 1.807) is 0 Å². The smallest absolute Gasteiger partial charge is 0.187 e. The Bertz CT molecular complexity index is 594. The van der Waals surface area contributed by atoms with Gasteiger partial charge in [-0.3, -0.25) is 0 Å². The number of rotatable bonds is 11. The minimum absolute atomic E-state index is 0.757. The lowest BCUT2D eigenvalue weighted by molar-refractivity contribution is -0.367. The zero-order valence-corrected chi connectivity index (χ0v) is 17.9. The van der Waals surface area contributed by atoms with Crippen LogP contribution in [0.1, 0.15) is 0 Å². The molecule has 0 bridgehead atoms. The van der Waals surface area contributed by atoms with Crippen molar-refractivity contribution in [1.82, 2.24) is 0 Å². The van der Waals surface area contributed by atoms with Crippen LogP contribution >= 0.6 is 0 Å². The van der Waals surface area contributed by atoms with Crippen LogP contribution in [0, 0.1) is 0 Å². The Labute approximate surface area is 193 Å². The van der Waals surface area contributed by atoms with Gasteiger partial charge in [-0.25, -0.2) is 0 Å². The molecule has 16 nitrogen and oxygen atoms in total. The van der Waals surface area contributed by atoms with E-state index in [2.05, 4.69) is 0 Å². The molecule has 0 aromatic carbocycles. The fraction of sp³-hybridized carbons (Fsp3) is 1.00. The van der Waals surface area contributed by atoms with E-state index >= 15 is 0 Å².